The zero-order valence-electron chi connectivity index (χ0n) is 16.8. The van der Waals surface area contributed by atoms with Crippen molar-refractivity contribution in [3.63, 3.8) is 0 Å². The van der Waals surface area contributed by atoms with E-state index >= 15 is 0 Å². The molecule has 164 valence electrons. The maximum absolute atomic E-state index is 10.4. The SMILES string of the molecule is COc1cc([C@@H]2Oc3c(O)cc(CCCO)cc3[C@H]2CO)ccc1OC(CO)CO. The lowest BCUT2D eigenvalue weighted by Crippen LogP contribution is -2.25. The Labute approximate surface area is 174 Å². The highest BCUT2D eigenvalue weighted by Gasteiger charge is 2.37. The summed E-state index contributed by atoms with van der Waals surface area (Å²) < 4.78 is 17.0. The number of aromatic hydroxyl groups is 1. The van der Waals surface area contributed by atoms with Gasteiger partial charge < -0.3 is 39.7 Å². The van der Waals surface area contributed by atoms with Crippen LogP contribution >= 0.6 is 0 Å². The molecule has 0 aromatic heterocycles. The highest BCUT2D eigenvalue weighted by molar-refractivity contribution is 5.55. The molecule has 8 nitrogen and oxygen atoms in total. The van der Waals surface area contributed by atoms with Crippen LogP contribution in [0.1, 0.15) is 35.1 Å². The van der Waals surface area contributed by atoms with E-state index in [9.17, 15) is 20.4 Å². The third kappa shape index (κ3) is 4.46. The van der Waals surface area contributed by atoms with Crippen LogP contribution in [-0.2, 0) is 6.42 Å². The summed E-state index contributed by atoms with van der Waals surface area (Å²) in [5.74, 6) is 0.705. The topological polar surface area (TPSA) is 129 Å². The Hall–Kier alpha value is -2.52. The summed E-state index contributed by atoms with van der Waals surface area (Å²) in [7, 11) is 1.48. The summed E-state index contributed by atoms with van der Waals surface area (Å²) >= 11 is 0. The van der Waals surface area contributed by atoms with Gasteiger partial charge >= 0.3 is 0 Å². The molecule has 2 atom stereocenters. The van der Waals surface area contributed by atoms with Crippen LogP contribution in [0.3, 0.4) is 0 Å². The van der Waals surface area contributed by atoms with E-state index in [0.29, 0.717) is 30.1 Å². The number of ether oxygens (including phenoxy) is 3. The van der Waals surface area contributed by atoms with Gasteiger partial charge in [0, 0.05) is 12.2 Å². The number of aliphatic hydroxyl groups is 4. The minimum atomic E-state index is -0.767. The summed E-state index contributed by atoms with van der Waals surface area (Å²) in [5, 5.41) is 48.0. The average molecular weight is 420 g/mol. The maximum Gasteiger partial charge on any atom is 0.165 e. The minimum absolute atomic E-state index is 0.00189. The molecular weight excluding hydrogens is 392 g/mol. The number of aryl methyl sites for hydroxylation is 1. The molecule has 0 saturated carbocycles. The zero-order valence-corrected chi connectivity index (χ0v) is 16.8. The number of phenolic OH excluding ortho intramolecular Hbond substituents is 1. The molecule has 5 N–H and O–H groups in total. The fourth-order valence-electron chi connectivity index (χ4n) is 3.66. The van der Waals surface area contributed by atoms with E-state index in [0.717, 1.165) is 16.7 Å². The first kappa shape index (κ1) is 22.2. The van der Waals surface area contributed by atoms with E-state index in [1.54, 1.807) is 24.3 Å². The lowest BCUT2D eigenvalue weighted by Gasteiger charge is -2.21. The van der Waals surface area contributed by atoms with Gasteiger partial charge in [0.15, 0.2) is 23.0 Å². The Morgan fingerprint density at radius 3 is 2.43 bits per heavy atom. The molecule has 0 radical (unpaired) electrons. The smallest absolute Gasteiger partial charge is 0.165 e. The van der Waals surface area contributed by atoms with Crippen molar-refractivity contribution in [1.29, 1.82) is 0 Å². The lowest BCUT2D eigenvalue weighted by atomic mass is 9.90. The normalized spacial score (nSPS) is 17.7. The molecule has 8 heteroatoms. The Morgan fingerprint density at radius 1 is 1.03 bits per heavy atom. The highest BCUT2D eigenvalue weighted by Crippen LogP contribution is 2.51. The second-order valence-electron chi connectivity index (χ2n) is 7.20. The van der Waals surface area contributed by atoms with E-state index in [-0.39, 0.29) is 38.1 Å². The number of fused-ring (bicyclic) bond motifs is 1. The van der Waals surface area contributed by atoms with Gasteiger partial charge in [-0.2, -0.15) is 0 Å². The quantitative estimate of drug-likeness (QED) is 0.389. The number of aliphatic hydroxyl groups excluding tert-OH is 4. The van der Waals surface area contributed by atoms with E-state index in [1.165, 1.54) is 7.11 Å². The number of rotatable bonds is 10. The second-order valence-corrected chi connectivity index (χ2v) is 7.20. The molecule has 2 aromatic carbocycles. The van der Waals surface area contributed by atoms with Crippen molar-refractivity contribution in [2.45, 2.75) is 31.0 Å². The standard InChI is InChI=1S/C22H28O8/c1-28-20-9-14(4-5-19(20)29-15(10-24)11-25)21-17(12-26)16-7-13(3-2-6-23)8-18(27)22(16)30-21/h4-5,7-9,15,17,21,23-27H,2-3,6,10-12H2,1H3/t17-,21+/m1/s1. The van der Waals surface area contributed by atoms with E-state index in [2.05, 4.69) is 0 Å². The van der Waals surface area contributed by atoms with Gasteiger partial charge in [0.1, 0.15) is 12.2 Å². The summed E-state index contributed by atoms with van der Waals surface area (Å²) in [5.41, 5.74) is 2.30. The first-order valence-corrected chi connectivity index (χ1v) is 9.86. The molecule has 0 bridgehead atoms. The summed E-state index contributed by atoms with van der Waals surface area (Å²) in [6.07, 6.45) is -0.125. The third-order valence-corrected chi connectivity index (χ3v) is 5.20. The lowest BCUT2D eigenvalue weighted by molar-refractivity contribution is 0.0609. The predicted molar refractivity (Wildman–Crippen MR) is 108 cm³/mol. The fraction of sp³-hybridized carbons (Fsp3) is 0.455. The summed E-state index contributed by atoms with van der Waals surface area (Å²) in [4.78, 5) is 0. The molecule has 0 amide bonds. The maximum atomic E-state index is 10.4. The Kier molecular flexibility index (Phi) is 7.38. The Balaban J connectivity index is 1.90. The number of phenols is 1. The molecule has 0 spiro atoms. The van der Waals surface area contributed by atoms with Crippen LogP contribution < -0.4 is 14.2 Å². The number of hydrogen-bond donors (Lipinski definition) is 5. The number of methoxy groups -OCH3 is 1. The molecular formula is C22H28O8. The average Bonchev–Trinajstić information content (AvgIpc) is 3.15. The van der Waals surface area contributed by atoms with Crippen LogP contribution in [-0.4, -0.2) is 65.2 Å². The largest absolute Gasteiger partial charge is 0.504 e. The number of hydrogen-bond acceptors (Lipinski definition) is 8. The molecule has 1 aliphatic heterocycles. The van der Waals surface area contributed by atoms with Crippen LogP contribution in [0.15, 0.2) is 30.3 Å². The molecule has 0 unspecified atom stereocenters. The third-order valence-electron chi connectivity index (χ3n) is 5.20. The zero-order chi connectivity index (χ0) is 21.7. The first-order chi connectivity index (χ1) is 14.6. The van der Waals surface area contributed by atoms with Crippen LogP contribution in [0, 0.1) is 0 Å². The molecule has 2 aromatic rings. The monoisotopic (exact) mass is 420 g/mol. The second kappa shape index (κ2) is 9.99. The van der Waals surface area contributed by atoms with Crippen molar-refractivity contribution in [2.75, 3.05) is 33.5 Å². The molecule has 1 aliphatic rings. The summed E-state index contributed by atoms with van der Waals surface area (Å²) in [6.45, 7) is -0.805. The van der Waals surface area contributed by atoms with Crippen molar-refractivity contribution >= 4 is 0 Å². The van der Waals surface area contributed by atoms with Crippen molar-refractivity contribution in [3.8, 4) is 23.0 Å². The molecule has 3 rings (SSSR count). The first-order valence-electron chi connectivity index (χ1n) is 9.86. The molecule has 30 heavy (non-hydrogen) atoms. The molecule has 0 fully saturated rings. The van der Waals surface area contributed by atoms with Gasteiger partial charge in [0.2, 0.25) is 0 Å². The number of benzene rings is 2. The van der Waals surface area contributed by atoms with Gasteiger partial charge in [-0.05, 0) is 42.2 Å². The van der Waals surface area contributed by atoms with Crippen molar-refractivity contribution < 1.29 is 39.7 Å². The van der Waals surface area contributed by atoms with Gasteiger partial charge in [-0.15, -0.1) is 0 Å². The fourth-order valence-corrected chi connectivity index (χ4v) is 3.66. The van der Waals surface area contributed by atoms with E-state index in [4.69, 9.17) is 19.3 Å². The van der Waals surface area contributed by atoms with E-state index in [1.807, 2.05) is 6.07 Å². The van der Waals surface area contributed by atoms with Crippen LogP contribution in [0.25, 0.3) is 0 Å². The highest BCUT2D eigenvalue weighted by atomic mass is 16.5. The van der Waals surface area contributed by atoms with Gasteiger partial charge in [0.25, 0.3) is 0 Å². The van der Waals surface area contributed by atoms with Crippen LogP contribution in [0.4, 0.5) is 0 Å². The van der Waals surface area contributed by atoms with Crippen molar-refractivity contribution in [1.82, 2.24) is 0 Å². The molecule has 0 aliphatic carbocycles. The molecule has 1 heterocycles. The molecule has 0 saturated heterocycles. The van der Waals surface area contributed by atoms with Gasteiger partial charge in [-0.3, -0.25) is 0 Å². The minimum Gasteiger partial charge on any atom is -0.504 e. The van der Waals surface area contributed by atoms with Gasteiger partial charge in [-0.25, -0.2) is 0 Å². The van der Waals surface area contributed by atoms with Crippen molar-refractivity contribution in [2.24, 2.45) is 0 Å². The van der Waals surface area contributed by atoms with Crippen molar-refractivity contribution in [3.05, 3.63) is 47.0 Å². The van der Waals surface area contributed by atoms with Crippen LogP contribution in [0.2, 0.25) is 0 Å². The predicted octanol–water partition coefficient (Wildman–Crippen LogP) is 1.27. The van der Waals surface area contributed by atoms with Crippen LogP contribution in [0.5, 0.6) is 23.0 Å². The Bertz CT molecular complexity index is 849. The summed E-state index contributed by atoms with van der Waals surface area (Å²) in [6, 6.07) is 8.64. The van der Waals surface area contributed by atoms with E-state index < -0.39 is 12.2 Å². The Morgan fingerprint density at radius 2 is 1.80 bits per heavy atom. The van der Waals surface area contributed by atoms with Gasteiger partial charge in [0.05, 0.1) is 32.8 Å². The van der Waals surface area contributed by atoms with Gasteiger partial charge in [-0.1, -0.05) is 12.1 Å².